The van der Waals surface area contributed by atoms with Crippen molar-refractivity contribution < 1.29 is 19.4 Å². The van der Waals surface area contributed by atoms with Gasteiger partial charge in [-0.2, -0.15) is 0 Å². The highest BCUT2D eigenvalue weighted by Gasteiger charge is 2.18. The minimum atomic E-state index is -0.964. The fraction of sp³-hybridized carbons (Fsp3) is 0.300. The van der Waals surface area contributed by atoms with Crippen molar-refractivity contribution in [3.05, 3.63) is 65.7 Å². The second-order valence-corrected chi connectivity index (χ2v) is 6.66. The maximum atomic E-state index is 12.1. The number of carbonyl (C=O) groups is 2. The summed E-state index contributed by atoms with van der Waals surface area (Å²) in [7, 11) is 0. The molecule has 1 amide bonds. The summed E-state index contributed by atoms with van der Waals surface area (Å²) in [6.07, 6.45) is 2.52. The van der Waals surface area contributed by atoms with Gasteiger partial charge in [0.25, 0.3) is 0 Å². The van der Waals surface area contributed by atoms with Crippen molar-refractivity contribution in [1.29, 1.82) is 0 Å². The third-order valence-corrected chi connectivity index (χ3v) is 4.59. The number of rotatable bonds is 10. The largest absolute Gasteiger partial charge is 0.481 e. The Hall–Kier alpha value is -2.31. The van der Waals surface area contributed by atoms with Crippen molar-refractivity contribution >= 4 is 23.6 Å². The summed E-state index contributed by atoms with van der Waals surface area (Å²) >= 11 is 1.61. The Morgan fingerprint density at radius 2 is 1.81 bits per heavy atom. The molecule has 1 atom stereocenters. The molecule has 0 saturated heterocycles. The van der Waals surface area contributed by atoms with Crippen molar-refractivity contribution in [1.82, 2.24) is 5.32 Å². The first-order chi connectivity index (χ1) is 12.6. The Kier molecular flexibility index (Phi) is 8.18. The molecule has 138 valence electrons. The van der Waals surface area contributed by atoms with Crippen LogP contribution in [0.25, 0.3) is 0 Å². The molecular weight excluding hydrogens is 350 g/mol. The van der Waals surface area contributed by atoms with E-state index in [9.17, 15) is 9.59 Å². The van der Waals surface area contributed by atoms with E-state index in [0.29, 0.717) is 6.61 Å². The molecule has 2 rings (SSSR count). The molecule has 0 spiro atoms. The number of thioether (sulfide) groups is 1. The number of carboxylic acid groups (broad SMARTS) is 1. The van der Waals surface area contributed by atoms with Gasteiger partial charge < -0.3 is 15.2 Å². The van der Waals surface area contributed by atoms with E-state index < -0.39 is 12.0 Å². The van der Waals surface area contributed by atoms with Crippen molar-refractivity contribution in [2.45, 2.75) is 23.8 Å². The number of hydrogen-bond acceptors (Lipinski definition) is 4. The molecule has 0 aliphatic carbocycles. The molecule has 0 fully saturated rings. The minimum absolute atomic E-state index is 0.0914. The van der Waals surface area contributed by atoms with Crippen LogP contribution in [0.3, 0.4) is 0 Å². The van der Waals surface area contributed by atoms with Crippen LogP contribution in [0, 0.1) is 0 Å². The standard InChI is InChI=1S/C20H23NO4S/c1-26-17-9-7-16(8-10-17)18(13-20(23)24)21-19(22)14-25-12-11-15-5-3-2-4-6-15/h2-10,18H,11-14H2,1H3,(H,21,22)(H,23,24). The molecule has 0 aliphatic rings. The number of aliphatic carboxylic acids is 1. The van der Waals surface area contributed by atoms with E-state index in [2.05, 4.69) is 5.32 Å². The number of ether oxygens (including phenoxy) is 1. The van der Waals surface area contributed by atoms with Gasteiger partial charge in [-0.1, -0.05) is 42.5 Å². The lowest BCUT2D eigenvalue weighted by Gasteiger charge is -2.18. The van der Waals surface area contributed by atoms with E-state index in [-0.39, 0.29) is 18.9 Å². The van der Waals surface area contributed by atoms with Gasteiger partial charge in [0.1, 0.15) is 6.61 Å². The summed E-state index contributed by atoms with van der Waals surface area (Å²) in [5.41, 5.74) is 1.91. The number of benzene rings is 2. The zero-order chi connectivity index (χ0) is 18.8. The molecule has 6 heteroatoms. The van der Waals surface area contributed by atoms with Gasteiger partial charge in [-0.15, -0.1) is 11.8 Å². The highest BCUT2D eigenvalue weighted by molar-refractivity contribution is 7.98. The van der Waals surface area contributed by atoms with E-state index in [1.165, 1.54) is 0 Å². The fourth-order valence-corrected chi connectivity index (χ4v) is 2.91. The van der Waals surface area contributed by atoms with E-state index in [4.69, 9.17) is 9.84 Å². The predicted octanol–water partition coefficient (Wildman–Crippen LogP) is 3.30. The number of carboxylic acids is 1. The zero-order valence-corrected chi connectivity index (χ0v) is 15.5. The van der Waals surface area contributed by atoms with Gasteiger partial charge in [-0.3, -0.25) is 9.59 Å². The molecule has 2 aromatic rings. The first-order valence-electron chi connectivity index (χ1n) is 8.35. The van der Waals surface area contributed by atoms with Crippen LogP contribution in [0.2, 0.25) is 0 Å². The van der Waals surface area contributed by atoms with Gasteiger partial charge in [-0.25, -0.2) is 0 Å². The molecule has 1 unspecified atom stereocenters. The summed E-state index contributed by atoms with van der Waals surface area (Å²) in [5.74, 6) is -1.28. The first kappa shape index (κ1) is 20.0. The smallest absolute Gasteiger partial charge is 0.305 e. The second kappa shape index (κ2) is 10.6. The lowest BCUT2D eigenvalue weighted by molar-refractivity contribution is -0.138. The molecule has 2 aromatic carbocycles. The van der Waals surface area contributed by atoms with Crippen LogP contribution in [-0.2, 0) is 20.7 Å². The van der Waals surface area contributed by atoms with Gasteiger partial charge in [0, 0.05) is 4.90 Å². The van der Waals surface area contributed by atoms with Gasteiger partial charge >= 0.3 is 5.97 Å². The van der Waals surface area contributed by atoms with Crippen LogP contribution in [0.15, 0.2) is 59.5 Å². The Morgan fingerprint density at radius 1 is 1.12 bits per heavy atom. The summed E-state index contributed by atoms with van der Waals surface area (Å²) in [6.45, 7) is 0.343. The van der Waals surface area contributed by atoms with Crippen LogP contribution < -0.4 is 5.32 Å². The second-order valence-electron chi connectivity index (χ2n) is 5.78. The van der Waals surface area contributed by atoms with Gasteiger partial charge in [0.2, 0.25) is 5.91 Å². The lowest BCUT2D eigenvalue weighted by atomic mass is 10.0. The van der Waals surface area contributed by atoms with E-state index in [1.807, 2.05) is 60.9 Å². The SMILES string of the molecule is CSc1ccc(C(CC(=O)O)NC(=O)COCCc2ccccc2)cc1. The Labute approximate surface area is 157 Å². The number of nitrogens with one attached hydrogen (secondary N) is 1. The molecule has 0 saturated carbocycles. The summed E-state index contributed by atoms with van der Waals surface area (Å²) in [5, 5.41) is 11.9. The molecule has 5 nitrogen and oxygen atoms in total. The summed E-state index contributed by atoms with van der Waals surface area (Å²) < 4.78 is 5.41. The normalized spacial score (nSPS) is 11.7. The van der Waals surface area contributed by atoms with Gasteiger partial charge in [0.15, 0.2) is 0 Å². The van der Waals surface area contributed by atoms with Crippen LogP contribution in [0.5, 0.6) is 0 Å². The van der Waals surface area contributed by atoms with Crippen LogP contribution in [0.4, 0.5) is 0 Å². The van der Waals surface area contributed by atoms with Crippen LogP contribution >= 0.6 is 11.8 Å². The first-order valence-corrected chi connectivity index (χ1v) is 9.57. The average Bonchev–Trinajstić information content (AvgIpc) is 2.65. The Bertz CT molecular complexity index is 704. The molecular formula is C20H23NO4S. The van der Waals surface area contributed by atoms with E-state index in [1.54, 1.807) is 11.8 Å². The maximum Gasteiger partial charge on any atom is 0.305 e. The average molecular weight is 373 g/mol. The highest BCUT2D eigenvalue weighted by atomic mass is 32.2. The lowest BCUT2D eigenvalue weighted by Crippen LogP contribution is -2.33. The monoisotopic (exact) mass is 373 g/mol. The molecule has 0 aliphatic heterocycles. The molecule has 0 aromatic heterocycles. The molecule has 0 radical (unpaired) electrons. The Morgan fingerprint density at radius 3 is 2.42 bits per heavy atom. The van der Waals surface area contributed by atoms with Crippen molar-refractivity contribution in [3.8, 4) is 0 Å². The van der Waals surface area contributed by atoms with Gasteiger partial charge in [-0.05, 0) is 35.9 Å². The predicted molar refractivity (Wildman–Crippen MR) is 102 cm³/mol. The van der Waals surface area contributed by atoms with Crippen molar-refractivity contribution in [2.24, 2.45) is 0 Å². The van der Waals surface area contributed by atoms with Crippen molar-refractivity contribution in [3.63, 3.8) is 0 Å². The fourth-order valence-electron chi connectivity index (χ4n) is 2.50. The molecule has 0 heterocycles. The summed E-state index contributed by atoms with van der Waals surface area (Å²) in [4.78, 5) is 24.3. The van der Waals surface area contributed by atoms with Gasteiger partial charge in [0.05, 0.1) is 19.1 Å². The minimum Gasteiger partial charge on any atom is -0.481 e. The topological polar surface area (TPSA) is 75.6 Å². The van der Waals surface area contributed by atoms with E-state index in [0.717, 1.165) is 22.4 Å². The van der Waals surface area contributed by atoms with Crippen molar-refractivity contribution in [2.75, 3.05) is 19.5 Å². The molecule has 26 heavy (non-hydrogen) atoms. The number of carbonyl (C=O) groups excluding carboxylic acids is 1. The van der Waals surface area contributed by atoms with Crippen LogP contribution in [-0.4, -0.2) is 36.5 Å². The molecule has 0 bridgehead atoms. The van der Waals surface area contributed by atoms with Crippen LogP contribution in [0.1, 0.15) is 23.6 Å². The zero-order valence-electron chi connectivity index (χ0n) is 14.7. The molecule has 2 N–H and O–H groups in total. The third kappa shape index (κ3) is 6.90. The highest BCUT2D eigenvalue weighted by Crippen LogP contribution is 2.21. The van der Waals surface area contributed by atoms with E-state index >= 15 is 0 Å². The third-order valence-electron chi connectivity index (χ3n) is 3.84. The quantitative estimate of drug-likeness (QED) is 0.494. The maximum absolute atomic E-state index is 12.1. The summed E-state index contributed by atoms with van der Waals surface area (Å²) in [6, 6.07) is 16.8. The number of hydrogen-bond donors (Lipinski definition) is 2. The number of amides is 1. The Balaban J connectivity index is 1.84.